The molecule has 0 bridgehead atoms. The van der Waals surface area contributed by atoms with E-state index < -0.39 is 46.9 Å². The van der Waals surface area contributed by atoms with Crippen LogP contribution in [0.4, 0.5) is 27.5 Å². The van der Waals surface area contributed by atoms with Gasteiger partial charge in [0.2, 0.25) is 5.91 Å². The van der Waals surface area contributed by atoms with Gasteiger partial charge in [0, 0.05) is 28.6 Å². The Bertz CT molecular complexity index is 1860. The van der Waals surface area contributed by atoms with Crippen molar-refractivity contribution in [1.29, 1.82) is 0 Å². The summed E-state index contributed by atoms with van der Waals surface area (Å²) in [5.74, 6) is -5.23. The second kappa shape index (κ2) is 13.5. The van der Waals surface area contributed by atoms with Gasteiger partial charge in [-0.2, -0.15) is 0 Å². The van der Waals surface area contributed by atoms with Gasteiger partial charge in [-0.25, -0.2) is 14.4 Å². The average Bonchev–Trinajstić information content (AvgIpc) is 3.05. The van der Waals surface area contributed by atoms with E-state index in [4.69, 9.17) is 4.74 Å². The molecule has 14 nitrogen and oxygen atoms in total. The molecule has 0 spiro atoms. The number of nitro groups is 1. The van der Waals surface area contributed by atoms with Crippen molar-refractivity contribution in [3.05, 3.63) is 106 Å². The molecule has 0 radical (unpaired) electrons. The van der Waals surface area contributed by atoms with Gasteiger partial charge in [-0.3, -0.25) is 29.5 Å². The molecule has 236 valence electrons. The highest BCUT2D eigenvalue weighted by Crippen LogP contribution is 2.38. The number of carbonyl (C=O) groups is 5. The molecule has 0 aliphatic rings. The molecule has 0 fully saturated rings. The predicted octanol–water partition coefficient (Wildman–Crippen LogP) is 5.35. The second-order valence-corrected chi connectivity index (χ2v) is 10.0. The first-order valence-corrected chi connectivity index (χ1v) is 13.7. The van der Waals surface area contributed by atoms with Crippen LogP contribution in [0, 0.1) is 10.1 Å². The lowest BCUT2D eigenvalue weighted by atomic mass is 10.0. The number of nitro benzene ring substituents is 1. The molecule has 4 aromatic carbocycles. The molecule has 0 aliphatic carbocycles. The molecule has 4 aromatic rings. The van der Waals surface area contributed by atoms with Crippen LogP contribution in [0.2, 0.25) is 0 Å². The van der Waals surface area contributed by atoms with Crippen molar-refractivity contribution >= 4 is 63.4 Å². The molecule has 2 atom stereocenters. The lowest BCUT2D eigenvalue weighted by Gasteiger charge is -2.33. The second-order valence-electron chi connectivity index (χ2n) is 10.0. The van der Waals surface area contributed by atoms with Crippen molar-refractivity contribution in [2.45, 2.75) is 25.9 Å². The number of amides is 3. The summed E-state index contributed by atoms with van der Waals surface area (Å²) in [6, 6.07) is 18.4. The normalized spacial score (nSPS) is 12.0. The highest BCUT2D eigenvalue weighted by molar-refractivity contribution is 6.40. The summed E-state index contributed by atoms with van der Waals surface area (Å²) in [7, 11) is 1.15. The van der Waals surface area contributed by atoms with E-state index in [1.807, 2.05) is 0 Å². The molecular weight excluding hydrogens is 600 g/mol. The predicted molar refractivity (Wildman–Crippen MR) is 166 cm³/mol. The number of anilines is 3. The molecule has 0 saturated carbocycles. The first-order valence-electron chi connectivity index (χ1n) is 13.7. The Hall–Kier alpha value is -6.31. The fraction of sp³-hybridized carbons (Fsp3) is 0.156. The molecule has 4 rings (SSSR count). The van der Waals surface area contributed by atoms with Crippen molar-refractivity contribution in [1.82, 2.24) is 4.90 Å². The number of aliphatic carboxylic acids is 1. The minimum atomic E-state index is -1.82. The minimum absolute atomic E-state index is 0.0470. The molecule has 3 N–H and O–H groups in total. The number of non-ortho nitro benzene ring substituents is 1. The molecule has 14 heteroatoms. The van der Waals surface area contributed by atoms with Gasteiger partial charge in [0.15, 0.2) is 0 Å². The van der Waals surface area contributed by atoms with Crippen molar-refractivity contribution in [3.8, 4) is 0 Å². The molecule has 46 heavy (non-hydrogen) atoms. The Balaban J connectivity index is 1.74. The zero-order valence-corrected chi connectivity index (χ0v) is 24.7. The molecule has 1 unspecified atom stereocenters. The van der Waals surface area contributed by atoms with Gasteiger partial charge < -0.3 is 20.3 Å². The topological polar surface area (TPSA) is 197 Å². The fourth-order valence-corrected chi connectivity index (χ4v) is 5.04. The summed E-state index contributed by atoms with van der Waals surface area (Å²) in [6.45, 7) is 3.11. The number of methoxy groups -OCH3 is 1. The van der Waals surface area contributed by atoms with E-state index in [9.17, 15) is 44.3 Å². The summed E-state index contributed by atoms with van der Waals surface area (Å²) in [5, 5.41) is 33.9. The van der Waals surface area contributed by atoms with Gasteiger partial charge in [-0.15, -0.1) is 0 Å². The third kappa shape index (κ3) is 6.45. The largest absolute Gasteiger partial charge is 0.478 e. The van der Waals surface area contributed by atoms with Gasteiger partial charge in [-0.05, 0) is 43.7 Å². The van der Waals surface area contributed by atoms with Crippen molar-refractivity contribution in [2.75, 3.05) is 17.3 Å². The van der Waals surface area contributed by atoms with Gasteiger partial charge in [0.1, 0.15) is 6.04 Å². The van der Waals surface area contributed by atoms with Crippen LogP contribution < -0.4 is 10.2 Å². The van der Waals surface area contributed by atoms with Gasteiger partial charge >= 0.3 is 23.9 Å². The van der Waals surface area contributed by atoms with E-state index in [2.05, 4.69) is 5.32 Å². The first kappa shape index (κ1) is 32.6. The zero-order valence-electron chi connectivity index (χ0n) is 24.7. The molecule has 0 aromatic heterocycles. The number of carbonyl (C=O) groups excluding carboxylic acids is 3. The van der Waals surface area contributed by atoms with Crippen LogP contribution in [-0.2, 0) is 19.1 Å². The Kier molecular flexibility index (Phi) is 9.60. The van der Waals surface area contributed by atoms with Crippen LogP contribution in [0.5, 0.6) is 0 Å². The van der Waals surface area contributed by atoms with Crippen LogP contribution in [0.25, 0.3) is 10.8 Å². The van der Waals surface area contributed by atoms with Crippen LogP contribution in [0.15, 0.2) is 84.9 Å². The van der Waals surface area contributed by atoms with E-state index in [0.717, 1.165) is 12.0 Å². The number of para-hydroxylation sites is 1. The smallest absolute Gasteiger partial charge is 0.410 e. The Morgan fingerprint density at radius 2 is 1.43 bits per heavy atom. The number of nitrogens with one attached hydrogen (secondary N) is 1. The van der Waals surface area contributed by atoms with E-state index in [1.54, 1.807) is 31.2 Å². The third-order valence-corrected chi connectivity index (χ3v) is 7.35. The third-order valence-electron chi connectivity index (χ3n) is 7.35. The van der Waals surface area contributed by atoms with E-state index >= 15 is 0 Å². The summed E-state index contributed by atoms with van der Waals surface area (Å²) in [4.78, 5) is 75.7. The molecule has 3 amide bonds. The number of aromatic carboxylic acids is 1. The van der Waals surface area contributed by atoms with Crippen LogP contribution >= 0.6 is 0 Å². The lowest BCUT2D eigenvalue weighted by molar-refractivity contribution is -0.384. The summed E-state index contributed by atoms with van der Waals surface area (Å²) >= 11 is 0. The van der Waals surface area contributed by atoms with Crippen LogP contribution in [0.1, 0.15) is 35.8 Å². The number of carboxylic acid groups (broad SMARTS) is 2. The van der Waals surface area contributed by atoms with Crippen molar-refractivity contribution < 1.29 is 43.8 Å². The van der Waals surface area contributed by atoms with Gasteiger partial charge in [-0.1, -0.05) is 48.5 Å². The zero-order chi connectivity index (χ0) is 33.7. The van der Waals surface area contributed by atoms with Gasteiger partial charge in [0.25, 0.3) is 5.69 Å². The molecule has 0 heterocycles. The number of hydrogen-bond acceptors (Lipinski definition) is 8. The molecular formula is C32H28N4O10. The van der Waals surface area contributed by atoms with Crippen LogP contribution in [-0.4, -0.2) is 63.0 Å². The number of ether oxygens (including phenoxy) is 1. The maximum absolute atomic E-state index is 13.6. The molecule has 0 saturated heterocycles. The van der Waals surface area contributed by atoms with Crippen molar-refractivity contribution in [2.24, 2.45) is 0 Å². The molecule has 0 aliphatic heterocycles. The maximum atomic E-state index is 13.6. The lowest BCUT2D eigenvalue weighted by Crippen LogP contribution is -2.46. The standard InChI is InChI=1S/C32H28N4O10/c1-18(20-12-14-21(15-13-20)36(44)45)34(32(43)46-3)19(2)28(37)33-25-16-17-27(23-9-5-4-8-22(23)25)35(29(38)31(41)42)26-11-7-6-10-24(26)30(39)40/h4-19H,1-3H3,(H,33,37)(H,39,40)(H,41,42)/t18?,19-/m0/s1. The average molecular weight is 629 g/mol. The Labute approximate surface area is 261 Å². The minimum Gasteiger partial charge on any atom is -0.478 e. The summed E-state index contributed by atoms with van der Waals surface area (Å²) in [6.07, 6.45) is -0.825. The fourth-order valence-electron chi connectivity index (χ4n) is 5.04. The maximum Gasteiger partial charge on any atom is 0.410 e. The van der Waals surface area contributed by atoms with E-state index in [-0.39, 0.29) is 28.3 Å². The monoisotopic (exact) mass is 628 g/mol. The summed E-state index contributed by atoms with van der Waals surface area (Å²) < 4.78 is 4.93. The van der Waals surface area contributed by atoms with Crippen molar-refractivity contribution in [3.63, 3.8) is 0 Å². The SMILES string of the molecule is COC(=O)N(C(C)c1ccc([N+](=O)[O-])cc1)[C@@H](C)C(=O)Nc1ccc(N(C(=O)C(=O)O)c2ccccc2C(=O)O)c2ccccc12. The number of carboxylic acids is 2. The van der Waals surface area contributed by atoms with E-state index in [0.29, 0.717) is 16.3 Å². The number of benzene rings is 4. The first-order chi connectivity index (χ1) is 21.9. The number of fused-ring (bicyclic) bond motifs is 1. The summed E-state index contributed by atoms with van der Waals surface area (Å²) in [5.41, 5.74) is 0.181. The highest BCUT2D eigenvalue weighted by Gasteiger charge is 2.33. The number of nitrogens with zero attached hydrogens (tertiary/aromatic N) is 3. The van der Waals surface area contributed by atoms with E-state index in [1.165, 1.54) is 72.5 Å². The Morgan fingerprint density at radius 3 is 2.02 bits per heavy atom. The quantitative estimate of drug-likeness (QED) is 0.123. The highest BCUT2D eigenvalue weighted by atomic mass is 16.6. The van der Waals surface area contributed by atoms with Gasteiger partial charge in [0.05, 0.1) is 35.0 Å². The number of rotatable bonds is 9. The Morgan fingerprint density at radius 1 is 0.826 bits per heavy atom. The van der Waals surface area contributed by atoms with Crippen LogP contribution in [0.3, 0.4) is 0 Å². The number of hydrogen-bond donors (Lipinski definition) is 3.